The first-order chi connectivity index (χ1) is 10.9. The summed E-state index contributed by atoms with van der Waals surface area (Å²) in [6.45, 7) is 7.78. The molecule has 0 unspecified atom stereocenters. The smallest absolute Gasteiger partial charge is 0.315 e. The molecule has 0 aliphatic heterocycles. The van der Waals surface area contributed by atoms with Gasteiger partial charge in [-0.25, -0.2) is 4.79 Å². The van der Waals surface area contributed by atoms with E-state index in [0.717, 1.165) is 29.9 Å². The summed E-state index contributed by atoms with van der Waals surface area (Å²) in [5.41, 5.74) is 4.14. The summed E-state index contributed by atoms with van der Waals surface area (Å²) >= 11 is 0. The third-order valence-corrected chi connectivity index (χ3v) is 4.56. The van der Waals surface area contributed by atoms with Gasteiger partial charge in [0.05, 0.1) is 11.7 Å². The second-order valence-corrected chi connectivity index (χ2v) is 6.74. The highest BCUT2D eigenvalue weighted by atomic mass is 16.5. The number of carbonyl (C=O) groups excluding carboxylic acids is 1. The topological polar surface area (TPSA) is 67.2 Å². The monoisotopic (exact) mass is 313 g/mol. The quantitative estimate of drug-likeness (QED) is 0.914. The number of benzene rings is 1. The number of nitrogens with zero attached hydrogens (tertiary/aromatic N) is 1. The lowest BCUT2D eigenvalue weighted by Crippen LogP contribution is -2.51. The van der Waals surface area contributed by atoms with Gasteiger partial charge in [-0.05, 0) is 51.7 Å². The normalized spacial score (nSPS) is 16.7. The summed E-state index contributed by atoms with van der Waals surface area (Å²) < 4.78 is 5.17. The van der Waals surface area contributed by atoms with Gasteiger partial charge in [-0.1, -0.05) is 29.4 Å². The van der Waals surface area contributed by atoms with Gasteiger partial charge < -0.3 is 15.2 Å². The van der Waals surface area contributed by atoms with Gasteiger partial charge in [0.1, 0.15) is 5.76 Å². The minimum atomic E-state index is -0.244. The first kappa shape index (κ1) is 15.6. The SMILES string of the molecule is Cc1noc(C)c1[C@H](C)NC(=O)NC1(C)Cc2ccccc2C1. The van der Waals surface area contributed by atoms with Crippen LogP contribution in [-0.2, 0) is 12.8 Å². The third kappa shape index (κ3) is 3.09. The molecule has 5 nitrogen and oxygen atoms in total. The summed E-state index contributed by atoms with van der Waals surface area (Å²) in [4.78, 5) is 12.4. The van der Waals surface area contributed by atoms with Gasteiger partial charge in [-0.15, -0.1) is 0 Å². The second-order valence-electron chi connectivity index (χ2n) is 6.74. The number of rotatable bonds is 3. The van der Waals surface area contributed by atoms with Gasteiger partial charge in [0.2, 0.25) is 0 Å². The van der Waals surface area contributed by atoms with Crippen LogP contribution >= 0.6 is 0 Å². The fraction of sp³-hybridized carbons (Fsp3) is 0.444. The van der Waals surface area contributed by atoms with E-state index in [1.165, 1.54) is 11.1 Å². The Bertz CT molecular complexity index is 691. The molecule has 3 rings (SSSR count). The Morgan fingerprint density at radius 3 is 2.39 bits per heavy atom. The van der Waals surface area contributed by atoms with Crippen molar-refractivity contribution >= 4 is 6.03 Å². The van der Waals surface area contributed by atoms with Gasteiger partial charge in [0.25, 0.3) is 0 Å². The predicted octanol–water partition coefficient (Wildman–Crippen LogP) is 3.21. The molecule has 1 aliphatic rings. The number of carbonyl (C=O) groups is 1. The van der Waals surface area contributed by atoms with Crippen LogP contribution in [0.5, 0.6) is 0 Å². The molecular weight excluding hydrogens is 290 g/mol. The lowest BCUT2D eigenvalue weighted by molar-refractivity contribution is 0.225. The first-order valence-corrected chi connectivity index (χ1v) is 7.96. The van der Waals surface area contributed by atoms with E-state index in [1.807, 2.05) is 32.9 Å². The van der Waals surface area contributed by atoms with Crippen LogP contribution in [0.3, 0.4) is 0 Å². The molecule has 1 heterocycles. The van der Waals surface area contributed by atoms with Gasteiger partial charge >= 0.3 is 6.03 Å². The number of fused-ring (bicyclic) bond motifs is 1. The van der Waals surface area contributed by atoms with Crippen molar-refractivity contribution in [3.8, 4) is 0 Å². The maximum Gasteiger partial charge on any atom is 0.315 e. The Balaban J connectivity index is 1.64. The third-order valence-electron chi connectivity index (χ3n) is 4.56. The average molecular weight is 313 g/mol. The van der Waals surface area contributed by atoms with Crippen LogP contribution in [0, 0.1) is 13.8 Å². The number of amides is 2. The van der Waals surface area contributed by atoms with Crippen molar-refractivity contribution in [3.05, 3.63) is 52.4 Å². The predicted molar refractivity (Wildman–Crippen MR) is 88.3 cm³/mol. The lowest BCUT2D eigenvalue weighted by Gasteiger charge is -2.26. The zero-order valence-corrected chi connectivity index (χ0v) is 14.1. The molecule has 1 aromatic carbocycles. The highest BCUT2D eigenvalue weighted by Crippen LogP contribution is 2.29. The largest absolute Gasteiger partial charge is 0.361 e. The van der Waals surface area contributed by atoms with Gasteiger partial charge in [-0.2, -0.15) is 0 Å². The van der Waals surface area contributed by atoms with E-state index in [1.54, 1.807) is 0 Å². The number of hydrogen-bond acceptors (Lipinski definition) is 3. The van der Waals surface area contributed by atoms with E-state index in [9.17, 15) is 4.79 Å². The van der Waals surface area contributed by atoms with Gasteiger partial charge in [-0.3, -0.25) is 0 Å². The maximum atomic E-state index is 12.4. The number of aryl methyl sites for hydroxylation is 2. The van der Waals surface area contributed by atoms with Gasteiger partial charge in [0.15, 0.2) is 0 Å². The van der Waals surface area contributed by atoms with Crippen LogP contribution in [0.2, 0.25) is 0 Å². The summed E-state index contributed by atoms with van der Waals surface area (Å²) in [7, 11) is 0. The summed E-state index contributed by atoms with van der Waals surface area (Å²) in [6, 6.07) is 8.05. The Labute approximate surface area is 136 Å². The molecular formula is C18H23N3O2. The summed E-state index contributed by atoms with van der Waals surface area (Å²) in [5.74, 6) is 0.745. The number of aromatic nitrogens is 1. The molecule has 2 N–H and O–H groups in total. The molecule has 0 bridgehead atoms. The molecule has 2 amide bonds. The summed E-state index contributed by atoms with van der Waals surface area (Å²) in [6.07, 6.45) is 1.71. The van der Waals surface area contributed by atoms with Crippen molar-refractivity contribution in [1.29, 1.82) is 0 Å². The second kappa shape index (κ2) is 5.72. The molecule has 1 aliphatic carbocycles. The fourth-order valence-corrected chi connectivity index (χ4v) is 3.58. The average Bonchev–Trinajstić information content (AvgIpc) is 2.96. The molecule has 122 valence electrons. The molecule has 0 fully saturated rings. The Morgan fingerprint density at radius 2 is 1.87 bits per heavy atom. The van der Waals surface area contributed by atoms with Crippen molar-refractivity contribution < 1.29 is 9.32 Å². The highest BCUT2D eigenvalue weighted by Gasteiger charge is 2.34. The summed E-state index contributed by atoms with van der Waals surface area (Å²) in [5, 5.41) is 10.1. The van der Waals surface area contributed by atoms with Crippen LogP contribution in [-0.4, -0.2) is 16.7 Å². The van der Waals surface area contributed by atoms with E-state index < -0.39 is 0 Å². The van der Waals surface area contributed by atoms with E-state index in [0.29, 0.717) is 0 Å². The zero-order valence-electron chi connectivity index (χ0n) is 14.1. The van der Waals surface area contributed by atoms with E-state index in [4.69, 9.17) is 4.52 Å². The standard InChI is InChI=1S/C18H23N3O2/c1-11(16-12(2)21-23-13(16)3)19-17(22)20-18(4)9-14-7-5-6-8-15(14)10-18/h5-8,11H,9-10H2,1-4H3,(H2,19,20,22)/t11-/m0/s1. The van der Waals surface area contributed by atoms with Crippen LogP contribution in [0.25, 0.3) is 0 Å². The number of hydrogen-bond donors (Lipinski definition) is 2. The number of urea groups is 1. The van der Waals surface area contributed by atoms with E-state index >= 15 is 0 Å². The van der Waals surface area contributed by atoms with Crippen molar-refractivity contribution in [3.63, 3.8) is 0 Å². The van der Waals surface area contributed by atoms with Crippen molar-refractivity contribution in [2.45, 2.75) is 52.1 Å². The molecule has 0 saturated carbocycles. The van der Waals surface area contributed by atoms with E-state index in [-0.39, 0.29) is 17.6 Å². The van der Waals surface area contributed by atoms with Crippen molar-refractivity contribution in [2.24, 2.45) is 0 Å². The van der Waals surface area contributed by atoms with Crippen molar-refractivity contribution in [1.82, 2.24) is 15.8 Å². The van der Waals surface area contributed by atoms with Crippen molar-refractivity contribution in [2.75, 3.05) is 0 Å². The molecule has 0 spiro atoms. The molecule has 0 radical (unpaired) electrons. The van der Waals surface area contributed by atoms with Crippen LogP contribution in [0.1, 0.15) is 48.0 Å². The zero-order chi connectivity index (χ0) is 16.6. The Hall–Kier alpha value is -2.30. The maximum absolute atomic E-state index is 12.4. The minimum absolute atomic E-state index is 0.145. The highest BCUT2D eigenvalue weighted by molar-refractivity contribution is 5.75. The van der Waals surface area contributed by atoms with Crippen LogP contribution in [0.15, 0.2) is 28.8 Å². The van der Waals surface area contributed by atoms with Gasteiger partial charge in [0, 0.05) is 11.1 Å². The lowest BCUT2D eigenvalue weighted by atomic mass is 9.99. The minimum Gasteiger partial charge on any atom is -0.361 e. The number of nitrogens with one attached hydrogen (secondary N) is 2. The molecule has 1 atom stereocenters. The van der Waals surface area contributed by atoms with E-state index in [2.05, 4.69) is 34.8 Å². The fourth-order valence-electron chi connectivity index (χ4n) is 3.58. The van der Waals surface area contributed by atoms with Crippen LogP contribution in [0.4, 0.5) is 4.79 Å². The molecule has 0 saturated heterocycles. The first-order valence-electron chi connectivity index (χ1n) is 7.96. The van der Waals surface area contributed by atoms with Crippen LogP contribution < -0.4 is 10.6 Å². The Kier molecular flexibility index (Phi) is 3.88. The molecule has 5 heteroatoms. The molecule has 23 heavy (non-hydrogen) atoms. The molecule has 1 aromatic heterocycles. The molecule has 2 aromatic rings. The Morgan fingerprint density at radius 1 is 1.26 bits per heavy atom.